The molecule has 2 aliphatic heterocycles. The van der Waals surface area contributed by atoms with Crippen molar-refractivity contribution in [3.05, 3.63) is 0 Å². The van der Waals surface area contributed by atoms with E-state index in [1.807, 2.05) is 0 Å². The molecule has 2 unspecified atom stereocenters. The van der Waals surface area contributed by atoms with Crippen LogP contribution in [0.15, 0.2) is 0 Å². The Hall–Kier alpha value is -0.570. The molecule has 0 aliphatic carbocycles. The fourth-order valence-corrected chi connectivity index (χ4v) is 3.34. The van der Waals surface area contributed by atoms with Crippen LogP contribution in [0.4, 0.5) is 0 Å². The number of likely N-dealkylation sites (tertiary alicyclic amines) is 1. The van der Waals surface area contributed by atoms with E-state index in [0.717, 1.165) is 31.3 Å². The van der Waals surface area contributed by atoms with Crippen molar-refractivity contribution >= 4 is 5.91 Å². The van der Waals surface area contributed by atoms with Gasteiger partial charge in [0.1, 0.15) is 0 Å². The van der Waals surface area contributed by atoms with Crippen molar-refractivity contribution in [2.75, 3.05) is 13.1 Å². The predicted octanol–water partition coefficient (Wildman–Crippen LogP) is 2.41. The van der Waals surface area contributed by atoms with Gasteiger partial charge in [0.25, 0.3) is 0 Å². The van der Waals surface area contributed by atoms with Gasteiger partial charge >= 0.3 is 0 Å². The maximum atomic E-state index is 12.4. The first-order valence-electron chi connectivity index (χ1n) is 7.62. The molecule has 2 rings (SSSR count). The Morgan fingerprint density at radius 3 is 2.39 bits per heavy atom. The molecule has 1 amide bonds. The zero-order valence-corrected chi connectivity index (χ0v) is 12.1. The van der Waals surface area contributed by atoms with Crippen LogP contribution in [-0.2, 0) is 4.79 Å². The lowest BCUT2D eigenvalue weighted by Gasteiger charge is -2.37. The summed E-state index contributed by atoms with van der Waals surface area (Å²) in [5.41, 5.74) is 0. The molecule has 3 nitrogen and oxygen atoms in total. The van der Waals surface area contributed by atoms with Crippen LogP contribution in [0.1, 0.15) is 52.9 Å². The van der Waals surface area contributed by atoms with Gasteiger partial charge in [-0.25, -0.2) is 0 Å². The topological polar surface area (TPSA) is 32.3 Å². The van der Waals surface area contributed by atoms with Crippen molar-refractivity contribution in [3.63, 3.8) is 0 Å². The van der Waals surface area contributed by atoms with E-state index in [0.29, 0.717) is 11.9 Å². The van der Waals surface area contributed by atoms with Gasteiger partial charge in [-0.2, -0.15) is 0 Å². The molecule has 18 heavy (non-hydrogen) atoms. The van der Waals surface area contributed by atoms with Crippen LogP contribution < -0.4 is 5.32 Å². The fourth-order valence-electron chi connectivity index (χ4n) is 3.34. The maximum Gasteiger partial charge on any atom is 0.239 e. The summed E-state index contributed by atoms with van der Waals surface area (Å²) in [7, 11) is 0. The molecular weight excluding hydrogens is 224 g/mol. The lowest BCUT2D eigenvalue weighted by Crippen LogP contribution is -2.53. The molecule has 0 radical (unpaired) electrons. The average molecular weight is 252 g/mol. The van der Waals surface area contributed by atoms with Crippen LogP contribution in [0, 0.1) is 11.8 Å². The minimum Gasteiger partial charge on any atom is -0.341 e. The zero-order chi connectivity index (χ0) is 13.1. The van der Waals surface area contributed by atoms with E-state index >= 15 is 0 Å². The Labute approximate surface area is 111 Å². The van der Waals surface area contributed by atoms with E-state index in [4.69, 9.17) is 0 Å². The molecule has 3 heteroatoms. The van der Waals surface area contributed by atoms with Crippen LogP contribution in [0.3, 0.4) is 0 Å². The monoisotopic (exact) mass is 252 g/mol. The van der Waals surface area contributed by atoms with Gasteiger partial charge in [0.15, 0.2) is 0 Å². The Bertz CT molecular complexity index is 282. The molecule has 1 N–H and O–H groups in total. The molecule has 0 aromatic rings. The second-order valence-corrected chi connectivity index (χ2v) is 6.46. The molecule has 2 atom stereocenters. The minimum absolute atomic E-state index is 0.0874. The van der Waals surface area contributed by atoms with Gasteiger partial charge in [0, 0.05) is 19.1 Å². The summed E-state index contributed by atoms with van der Waals surface area (Å²) < 4.78 is 0. The van der Waals surface area contributed by atoms with Gasteiger partial charge in [-0.3, -0.25) is 4.79 Å². The van der Waals surface area contributed by atoms with Crippen molar-refractivity contribution in [3.8, 4) is 0 Å². The molecule has 2 saturated heterocycles. The van der Waals surface area contributed by atoms with Crippen molar-refractivity contribution < 1.29 is 4.79 Å². The second kappa shape index (κ2) is 6.05. The number of nitrogens with one attached hydrogen (secondary N) is 1. The van der Waals surface area contributed by atoms with Crippen molar-refractivity contribution in [2.24, 2.45) is 11.8 Å². The Kier molecular flexibility index (Phi) is 4.66. The summed E-state index contributed by atoms with van der Waals surface area (Å²) in [5.74, 6) is 1.92. The summed E-state index contributed by atoms with van der Waals surface area (Å²) in [6.45, 7) is 8.71. The van der Waals surface area contributed by atoms with E-state index in [-0.39, 0.29) is 6.04 Å². The van der Waals surface area contributed by atoms with E-state index in [1.165, 1.54) is 25.7 Å². The van der Waals surface area contributed by atoms with Crippen LogP contribution in [-0.4, -0.2) is 36.0 Å². The van der Waals surface area contributed by atoms with E-state index in [1.54, 1.807) is 0 Å². The molecule has 2 heterocycles. The second-order valence-electron chi connectivity index (χ2n) is 6.46. The summed E-state index contributed by atoms with van der Waals surface area (Å²) in [4.78, 5) is 14.5. The smallest absolute Gasteiger partial charge is 0.239 e. The third-order valence-corrected chi connectivity index (χ3v) is 4.71. The van der Waals surface area contributed by atoms with Crippen molar-refractivity contribution in [1.29, 1.82) is 0 Å². The number of piperidine rings is 2. The van der Waals surface area contributed by atoms with Gasteiger partial charge in [0.05, 0.1) is 6.04 Å². The summed E-state index contributed by atoms with van der Waals surface area (Å²) in [6, 6.07) is 0.588. The van der Waals surface area contributed by atoms with Gasteiger partial charge in [-0.05, 0) is 50.9 Å². The number of hydrogen-bond acceptors (Lipinski definition) is 2. The standard InChI is InChI=1S/C15H28N2O/c1-11(2)13-7-9-17(10-8-13)15(18)14-6-4-5-12(3)16-14/h11-14,16H,4-10H2,1-3H3. The highest BCUT2D eigenvalue weighted by molar-refractivity contribution is 5.82. The van der Waals surface area contributed by atoms with Crippen molar-refractivity contribution in [1.82, 2.24) is 10.2 Å². The predicted molar refractivity (Wildman–Crippen MR) is 74.4 cm³/mol. The molecule has 2 aliphatic rings. The molecule has 0 spiro atoms. The van der Waals surface area contributed by atoms with Gasteiger partial charge in [-0.1, -0.05) is 13.8 Å². The van der Waals surface area contributed by atoms with Crippen molar-refractivity contribution in [2.45, 2.75) is 65.0 Å². The van der Waals surface area contributed by atoms with Crippen LogP contribution in [0.5, 0.6) is 0 Å². The highest BCUT2D eigenvalue weighted by Crippen LogP contribution is 2.25. The third kappa shape index (κ3) is 3.25. The highest BCUT2D eigenvalue weighted by atomic mass is 16.2. The van der Waals surface area contributed by atoms with Gasteiger partial charge in [0.2, 0.25) is 5.91 Å². The number of hydrogen-bond donors (Lipinski definition) is 1. The highest BCUT2D eigenvalue weighted by Gasteiger charge is 2.31. The number of carbonyl (C=O) groups excluding carboxylic acids is 1. The normalized spacial score (nSPS) is 30.8. The summed E-state index contributed by atoms with van der Waals surface area (Å²) >= 11 is 0. The lowest BCUT2D eigenvalue weighted by molar-refractivity contribution is -0.136. The SMILES string of the molecule is CC1CCCC(C(=O)N2CCC(C(C)C)CC2)N1. The lowest BCUT2D eigenvalue weighted by atomic mass is 9.86. The zero-order valence-electron chi connectivity index (χ0n) is 12.1. The molecule has 0 aromatic heterocycles. The average Bonchev–Trinajstić information content (AvgIpc) is 2.38. The van der Waals surface area contributed by atoms with Crippen LogP contribution >= 0.6 is 0 Å². The maximum absolute atomic E-state index is 12.4. The molecule has 0 aromatic carbocycles. The van der Waals surface area contributed by atoms with Crippen LogP contribution in [0.25, 0.3) is 0 Å². The molecule has 0 bridgehead atoms. The number of carbonyl (C=O) groups is 1. The number of amides is 1. The van der Waals surface area contributed by atoms with Crippen LogP contribution in [0.2, 0.25) is 0 Å². The van der Waals surface area contributed by atoms with E-state index in [2.05, 4.69) is 31.0 Å². The fraction of sp³-hybridized carbons (Fsp3) is 0.933. The first-order valence-corrected chi connectivity index (χ1v) is 7.62. The number of rotatable bonds is 2. The quantitative estimate of drug-likeness (QED) is 0.818. The number of nitrogens with zero attached hydrogens (tertiary/aromatic N) is 1. The first-order chi connectivity index (χ1) is 8.58. The minimum atomic E-state index is 0.0874. The molecule has 104 valence electrons. The van der Waals surface area contributed by atoms with E-state index in [9.17, 15) is 4.79 Å². The Morgan fingerprint density at radius 1 is 1.17 bits per heavy atom. The largest absolute Gasteiger partial charge is 0.341 e. The van der Waals surface area contributed by atoms with E-state index < -0.39 is 0 Å². The Morgan fingerprint density at radius 2 is 1.83 bits per heavy atom. The van der Waals surface area contributed by atoms with Gasteiger partial charge < -0.3 is 10.2 Å². The molecule has 0 saturated carbocycles. The third-order valence-electron chi connectivity index (χ3n) is 4.71. The first kappa shape index (κ1) is 13.9. The summed E-state index contributed by atoms with van der Waals surface area (Å²) in [5, 5.41) is 3.46. The Balaban J connectivity index is 1.83. The van der Waals surface area contributed by atoms with Gasteiger partial charge in [-0.15, -0.1) is 0 Å². The molecular formula is C15H28N2O. The summed E-state index contributed by atoms with van der Waals surface area (Å²) in [6.07, 6.45) is 5.79. The molecule has 2 fully saturated rings.